The van der Waals surface area contributed by atoms with Crippen molar-refractivity contribution >= 4 is 33.6 Å². The number of hydrogen-bond donors (Lipinski definition) is 3. The Morgan fingerprint density at radius 2 is 1.68 bits per heavy atom. The highest BCUT2D eigenvalue weighted by molar-refractivity contribution is 6.40. The minimum absolute atomic E-state index is 0.0509. The van der Waals surface area contributed by atoms with E-state index < -0.39 is 5.78 Å². The Bertz CT molecular complexity index is 927. The van der Waals surface area contributed by atoms with Crippen LogP contribution in [0.5, 0.6) is 11.5 Å². The molecule has 3 N–H and O–H groups in total. The first kappa shape index (κ1) is 14.0. The van der Waals surface area contributed by atoms with Gasteiger partial charge >= 0.3 is 0 Å². The average molecular weight is 296 g/mol. The highest BCUT2D eigenvalue weighted by Crippen LogP contribution is 2.37. The topological polar surface area (TPSA) is 94.8 Å². The molecule has 0 aliphatic rings. The molecule has 0 spiro atoms. The number of fused-ring (bicyclic) bond motifs is 2. The lowest BCUT2D eigenvalue weighted by atomic mass is 9.92. The normalized spacial score (nSPS) is 11.0. The van der Waals surface area contributed by atoms with Crippen LogP contribution in [0.15, 0.2) is 36.4 Å². The third kappa shape index (κ3) is 1.99. The molecule has 3 aromatic rings. The SMILES string of the molecule is O=CC(=O)c1c2cccc(O)c2cc2c(O)cc(CO)cc12. The summed E-state index contributed by atoms with van der Waals surface area (Å²) in [5.74, 6) is -0.938. The fraction of sp³-hybridized carbons (Fsp3) is 0.0588. The molecule has 0 unspecified atom stereocenters. The molecule has 0 bridgehead atoms. The smallest absolute Gasteiger partial charge is 0.226 e. The van der Waals surface area contributed by atoms with Crippen LogP contribution in [0.3, 0.4) is 0 Å². The molecule has 22 heavy (non-hydrogen) atoms. The average Bonchev–Trinajstić information content (AvgIpc) is 2.52. The van der Waals surface area contributed by atoms with Crippen molar-refractivity contribution in [3.05, 3.63) is 47.5 Å². The van der Waals surface area contributed by atoms with Crippen LogP contribution in [0.1, 0.15) is 15.9 Å². The number of Topliss-reactive ketones (excluding diaryl/α,β-unsaturated/α-hetero) is 1. The van der Waals surface area contributed by atoms with E-state index in [0.717, 1.165) is 0 Å². The van der Waals surface area contributed by atoms with E-state index in [-0.39, 0.29) is 30.0 Å². The van der Waals surface area contributed by atoms with Gasteiger partial charge in [-0.25, -0.2) is 0 Å². The van der Waals surface area contributed by atoms with Gasteiger partial charge in [-0.15, -0.1) is 0 Å². The van der Waals surface area contributed by atoms with Crippen LogP contribution in [0.25, 0.3) is 21.5 Å². The van der Waals surface area contributed by atoms with Crippen molar-refractivity contribution in [3.8, 4) is 11.5 Å². The maximum Gasteiger partial charge on any atom is 0.226 e. The van der Waals surface area contributed by atoms with E-state index >= 15 is 0 Å². The minimum atomic E-state index is -0.754. The van der Waals surface area contributed by atoms with Crippen molar-refractivity contribution in [3.63, 3.8) is 0 Å². The summed E-state index contributed by atoms with van der Waals surface area (Å²) in [5, 5.41) is 30.8. The zero-order valence-corrected chi connectivity index (χ0v) is 11.4. The summed E-state index contributed by atoms with van der Waals surface area (Å²) < 4.78 is 0. The first-order valence-electron chi connectivity index (χ1n) is 6.57. The molecule has 5 heteroatoms. The zero-order valence-electron chi connectivity index (χ0n) is 11.4. The number of aliphatic hydroxyl groups is 1. The molecule has 3 rings (SSSR count). The van der Waals surface area contributed by atoms with Crippen molar-refractivity contribution < 1.29 is 24.9 Å². The largest absolute Gasteiger partial charge is 0.507 e. The number of phenolic OH excluding ortho intramolecular Hbond substituents is 2. The number of aliphatic hydroxyl groups excluding tert-OH is 1. The lowest BCUT2D eigenvalue weighted by Gasteiger charge is -2.12. The number of benzene rings is 3. The van der Waals surface area contributed by atoms with Crippen LogP contribution < -0.4 is 0 Å². The lowest BCUT2D eigenvalue weighted by Crippen LogP contribution is -2.03. The molecular weight excluding hydrogens is 284 g/mol. The predicted molar refractivity (Wildman–Crippen MR) is 81.1 cm³/mol. The van der Waals surface area contributed by atoms with Gasteiger partial charge in [-0.3, -0.25) is 9.59 Å². The van der Waals surface area contributed by atoms with Crippen LogP contribution in [-0.2, 0) is 11.4 Å². The maximum absolute atomic E-state index is 12.1. The van der Waals surface area contributed by atoms with Gasteiger partial charge in [0.15, 0.2) is 6.29 Å². The van der Waals surface area contributed by atoms with E-state index in [9.17, 15) is 24.9 Å². The molecule has 0 fully saturated rings. The number of rotatable bonds is 3. The third-order valence-electron chi connectivity index (χ3n) is 3.66. The molecule has 0 radical (unpaired) electrons. The molecule has 0 aromatic heterocycles. The second-order valence-corrected chi connectivity index (χ2v) is 4.97. The summed E-state index contributed by atoms with van der Waals surface area (Å²) in [6.07, 6.45) is 0.195. The molecule has 0 atom stereocenters. The van der Waals surface area contributed by atoms with Gasteiger partial charge in [0.05, 0.1) is 6.61 Å². The van der Waals surface area contributed by atoms with E-state index in [2.05, 4.69) is 0 Å². The molecule has 0 aliphatic carbocycles. The monoisotopic (exact) mass is 296 g/mol. The fourth-order valence-corrected chi connectivity index (χ4v) is 2.68. The summed E-state index contributed by atoms with van der Waals surface area (Å²) in [5.41, 5.74) is 0.522. The van der Waals surface area contributed by atoms with Crippen molar-refractivity contribution in [1.82, 2.24) is 0 Å². The standard InChI is InChI=1S/C17H12O5/c18-7-9-4-13-12(15(21)5-9)6-11-10(2-1-3-14(11)20)17(13)16(22)8-19/h1-6,8,18,20-21H,7H2. The van der Waals surface area contributed by atoms with Crippen LogP contribution in [0, 0.1) is 0 Å². The van der Waals surface area contributed by atoms with E-state index in [1.54, 1.807) is 24.3 Å². The molecular formula is C17H12O5. The fourth-order valence-electron chi connectivity index (χ4n) is 2.68. The number of ketones is 1. The summed E-state index contributed by atoms with van der Waals surface area (Å²) in [4.78, 5) is 23.1. The van der Waals surface area contributed by atoms with Gasteiger partial charge in [0, 0.05) is 16.3 Å². The Morgan fingerprint density at radius 1 is 0.955 bits per heavy atom. The number of aromatic hydroxyl groups is 2. The van der Waals surface area contributed by atoms with E-state index in [0.29, 0.717) is 27.1 Å². The molecule has 0 saturated carbocycles. The summed E-state index contributed by atoms with van der Waals surface area (Å²) >= 11 is 0. The second kappa shape index (κ2) is 5.13. The molecule has 0 amide bonds. The quantitative estimate of drug-likeness (QED) is 0.298. The zero-order chi connectivity index (χ0) is 15.9. The Labute approximate surface area is 125 Å². The van der Waals surface area contributed by atoms with E-state index in [1.165, 1.54) is 12.1 Å². The number of carbonyl (C=O) groups excluding carboxylic acids is 2. The van der Waals surface area contributed by atoms with Crippen LogP contribution in [0.4, 0.5) is 0 Å². The Balaban J connectivity index is 2.60. The van der Waals surface area contributed by atoms with Crippen molar-refractivity contribution in [2.24, 2.45) is 0 Å². The summed E-state index contributed by atoms with van der Waals surface area (Å²) in [7, 11) is 0. The Hall–Kier alpha value is -2.92. The molecule has 0 heterocycles. The first-order valence-corrected chi connectivity index (χ1v) is 6.57. The molecule has 5 nitrogen and oxygen atoms in total. The van der Waals surface area contributed by atoms with Gasteiger partial charge in [0.25, 0.3) is 0 Å². The lowest BCUT2D eigenvalue weighted by molar-refractivity contribution is -0.104. The summed E-state index contributed by atoms with van der Waals surface area (Å²) in [6, 6.07) is 9.13. The number of hydrogen-bond acceptors (Lipinski definition) is 5. The number of aldehydes is 1. The Kier molecular flexibility index (Phi) is 3.27. The third-order valence-corrected chi connectivity index (χ3v) is 3.66. The minimum Gasteiger partial charge on any atom is -0.507 e. The van der Waals surface area contributed by atoms with Crippen molar-refractivity contribution in [1.29, 1.82) is 0 Å². The van der Waals surface area contributed by atoms with Crippen LogP contribution in [0.2, 0.25) is 0 Å². The number of carbonyl (C=O) groups is 2. The maximum atomic E-state index is 12.1. The van der Waals surface area contributed by atoms with Crippen LogP contribution >= 0.6 is 0 Å². The van der Waals surface area contributed by atoms with Gasteiger partial charge in [0.2, 0.25) is 5.78 Å². The van der Waals surface area contributed by atoms with Crippen LogP contribution in [-0.4, -0.2) is 27.4 Å². The molecule has 3 aromatic carbocycles. The van der Waals surface area contributed by atoms with E-state index in [1.807, 2.05) is 0 Å². The second-order valence-electron chi connectivity index (χ2n) is 4.97. The molecule has 110 valence electrons. The highest BCUT2D eigenvalue weighted by Gasteiger charge is 2.18. The van der Waals surface area contributed by atoms with E-state index in [4.69, 9.17) is 0 Å². The predicted octanol–water partition coefficient (Wildman–Crippen LogP) is 2.28. The van der Waals surface area contributed by atoms with Crippen molar-refractivity contribution in [2.45, 2.75) is 6.61 Å². The molecule has 0 saturated heterocycles. The Morgan fingerprint density at radius 3 is 2.36 bits per heavy atom. The number of phenols is 2. The summed E-state index contributed by atoms with van der Waals surface area (Å²) in [6.45, 7) is -0.309. The highest BCUT2D eigenvalue weighted by atomic mass is 16.3. The molecule has 0 aliphatic heterocycles. The van der Waals surface area contributed by atoms with Gasteiger partial charge in [0.1, 0.15) is 11.5 Å². The van der Waals surface area contributed by atoms with Crippen molar-refractivity contribution in [2.75, 3.05) is 0 Å². The van der Waals surface area contributed by atoms with Gasteiger partial charge in [-0.05, 0) is 40.6 Å². The first-order chi connectivity index (χ1) is 10.6. The van der Waals surface area contributed by atoms with Gasteiger partial charge in [-0.2, -0.15) is 0 Å². The van der Waals surface area contributed by atoms with Gasteiger partial charge < -0.3 is 15.3 Å². The van der Waals surface area contributed by atoms with Gasteiger partial charge in [-0.1, -0.05) is 12.1 Å².